The lowest BCUT2D eigenvalue weighted by atomic mass is 9.66. The molecule has 184 valence electrons. The maximum absolute atomic E-state index is 14.5. The number of nitrogens with zero attached hydrogens (tertiary/aromatic N) is 5. The number of halogens is 2. The molecule has 1 saturated carbocycles. The third kappa shape index (κ3) is 3.17. The van der Waals surface area contributed by atoms with Gasteiger partial charge < -0.3 is 5.11 Å². The summed E-state index contributed by atoms with van der Waals surface area (Å²) in [6, 6.07) is 13.5. The number of rotatable bonds is 5. The summed E-state index contributed by atoms with van der Waals surface area (Å²) < 4.78 is 30.7. The topological polar surface area (TPSA) is 76.7 Å². The van der Waals surface area contributed by atoms with Gasteiger partial charge in [-0.25, -0.2) is 8.78 Å². The highest BCUT2D eigenvalue weighted by Gasteiger charge is 2.65. The van der Waals surface area contributed by atoms with Crippen molar-refractivity contribution in [2.45, 2.75) is 57.6 Å². The van der Waals surface area contributed by atoms with Crippen molar-refractivity contribution < 1.29 is 13.9 Å². The van der Waals surface area contributed by atoms with E-state index in [1.165, 1.54) is 18.2 Å². The van der Waals surface area contributed by atoms with Gasteiger partial charge in [0.05, 0.1) is 46.4 Å². The molecule has 2 aliphatic rings. The Morgan fingerprint density at radius 3 is 2.53 bits per heavy atom. The molecule has 3 atom stereocenters. The molecule has 4 aromatic rings. The van der Waals surface area contributed by atoms with Crippen LogP contribution >= 0.6 is 0 Å². The van der Waals surface area contributed by atoms with E-state index in [4.69, 9.17) is 4.98 Å². The lowest BCUT2D eigenvalue weighted by Gasteiger charge is -2.37. The summed E-state index contributed by atoms with van der Waals surface area (Å²) in [7, 11) is 0. The summed E-state index contributed by atoms with van der Waals surface area (Å²) in [5.41, 5.74) is 3.60. The number of aliphatic hydroxyl groups is 1. The van der Waals surface area contributed by atoms with Gasteiger partial charge in [0.1, 0.15) is 17.3 Å². The molecule has 0 saturated heterocycles. The van der Waals surface area contributed by atoms with Gasteiger partial charge in [0, 0.05) is 6.20 Å². The Morgan fingerprint density at radius 2 is 1.78 bits per heavy atom. The minimum absolute atomic E-state index is 0.143. The predicted molar refractivity (Wildman–Crippen MR) is 131 cm³/mol. The smallest absolute Gasteiger partial charge is 0.135 e. The fraction of sp³-hybridized carbons (Fsp3) is 0.357. The molecule has 6 rings (SSSR count). The van der Waals surface area contributed by atoms with E-state index in [2.05, 4.69) is 29.1 Å². The van der Waals surface area contributed by atoms with Crippen LogP contribution in [0.4, 0.5) is 8.78 Å². The van der Waals surface area contributed by atoms with Crippen LogP contribution in [0.2, 0.25) is 0 Å². The van der Waals surface area contributed by atoms with Gasteiger partial charge in [-0.05, 0) is 73.1 Å². The van der Waals surface area contributed by atoms with Crippen LogP contribution in [0.5, 0.6) is 0 Å². The Kier molecular flexibility index (Phi) is 5.09. The standard InChI is InChI=1S/C28H27F2N5O/c1-16(36)15-35-13-11-22(34-35)21-8-5-9-24(31-21)28-12-10-18(27(28,2)3)17-14-23(32-33-26(17)28)25-19(29)6-4-7-20(25)30/h4-9,11,13-14,16,18,36H,10,12,15H2,1-3H3/t16-,18+,28+/m1/s1. The molecule has 0 unspecified atom stereocenters. The highest BCUT2D eigenvalue weighted by atomic mass is 19.1. The minimum Gasteiger partial charge on any atom is -0.391 e. The van der Waals surface area contributed by atoms with Gasteiger partial charge in [-0.1, -0.05) is 26.0 Å². The Balaban J connectivity index is 1.46. The van der Waals surface area contributed by atoms with Crippen molar-refractivity contribution in [2.24, 2.45) is 5.41 Å². The SMILES string of the molecule is C[C@@H](O)Cn1ccc(-c2cccc([C@@]34CC[C@@H](c5cc(-c6c(F)cccc6F)nnc53)C4(C)C)n2)n1. The molecule has 1 aromatic carbocycles. The van der Waals surface area contributed by atoms with E-state index in [0.717, 1.165) is 41.2 Å². The largest absolute Gasteiger partial charge is 0.391 e. The maximum Gasteiger partial charge on any atom is 0.135 e. The van der Waals surface area contributed by atoms with Gasteiger partial charge in [0.15, 0.2) is 0 Å². The van der Waals surface area contributed by atoms with Gasteiger partial charge in [0.2, 0.25) is 0 Å². The molecule has 2 bridgehead atoms. The zero-order valence-electron chi connectivity index (χ0n) is 20.4. The number of aromatic nitrogens is 5. The summed E-state index contributed by atoms with van der Waals surface area (Å²) in [6.07, 6.45) is 3.14. The Labute approximate surface area is 208 Å². The normalized spacial score (nSPS) is 22.6. The van der Waals surface area contributed by atoms with E-state index in [9.17, 15) is 13.9 Å². The lowest BCUT2D eigenvalue weighted by Crippen LogP contribution is -2.37. The second-order valence-corrected chi connectivity index (χ2v) is 10.5. The van der Waals surface area contributed by atoms with Crippen LogP contribution in [0.1, 0.15) is 56.5 Å². The Bertz CT molecular complexity index is 1460. The van der Waals surface area contributed by atoms with Crippen LogP contribution in [-0.4, -0.2) is 36.2 Å². The van der Waals surface area contributed by atoms with Crippen LogP contribution in [-0.2, 0) is 12.0 Å². The van der Waals surface area contributed by atoms with Crippen LogP contribution < -0.4 is 0 Å². The van der Waals surface area contributed by atoms with Gasteiger partial charge in [0.25, 0.3) is 0 Å². The summed E-state index contributed by atoms with van der Waals surface area (Å²) >= 11 is 0. The Morgan fingerprint density at radius 1 is 1.03 bits per heavy atom. The molecule has 0 spiro atoms. The van der Waals surface area contributed by atoms with Crippen molar-refractivity contribution in [3.8, 4) is 22.6 Å². The summed E-state index contributed by atoms with van der Waals surface area (Å²) in [4.78, 5) is 5.06. The van der Waals surface area contributed by atoms with E-state index in [1.807, 2.05) is 36.5 Å². The van der Waals surface area contributed by atoms with Gasteiger partial charge in [-0.2, -0.15) is 10.2 Å². The van der Waals surface area contributed by atoms with E-state index in [-0.39, 0.29) is 22.6 Å². The molecule has 3 aromatic heterocycles. The van der Waals surface area contributed by atoms with Crippen LogP contribution in [0.25, 0.3) is 22.6 Å². The molecule has 1 N–H and O–H groups in total. The summed E-state index contributed by atoms with van der Waals surface area (Å²) in [5.74, 6) is -1.12. The second-order valence-electron chi connectivity index (χ2n) is 10.5. The average Bonchev–Trinajstić information content (AvgIpc) is 3.46. The molecule has 8 heteroatoms. The second kappa shape index (κ2) is 8.00. The van der Waals surface area contributed by atoms with Crippen molar-refractivity contribution in [1.82, 2.24) is 25.0 Å². The summed E-state index contributed by atoms with van der Waals surface area (Å²) in [6.45, 7) is 6.58. The fourth-order valence-electron chi connectivity index (χ4n) is 6.44. The number of benzene rings is 1. The van der Waals surface area contributed by atoms with E-state index in [1.54, 1.807) is 11.6 Å². The van der Waals surface area contributed by atoms with E-state index < -0.39 is 23.2 Å². The van der Waals surface area contributed by atoms with Gasteiger partial charge in [-0.3, -0.25) is 9.67 Å². The highest BCUT2D eigenvalue weighted by molar-refractivity contribution is 5.64. The van der Waals surface area contributed by atoms with Crippen LogP contribution in [0.15, 0.2) is 54.7 Å². The van der Waals surface area contributed by atoms with Crippen molar-refractivity contribution >= 4 is 0 Å². The lowest BCUT2D eigenvalue weighted by molar-refractivity contribution is 0.168. The van der Waals surface area contributed by atoms with Crippen molar-refractivity contribution in [1.29, 1.82) is 0 Å². The Hall–Kier alpha value is -3.52. The first-order valence-electron chi connectivity index (χ1n) is 12.2. The molecular weight excluding hydrogens is 460 g/mol. The molecule has 36 heavy (non-hydrogen) atoms. The van der Waals surface area contributed by atoms with Crippen molar-refractivity contribution in [2.75, 3.05) is 0 Å². The fourth-order valence-corrected chi connectivity index (χ4v) is 6.44. The predicted octanol–water partition coefficient (Wildman–Crippen LogP) is 5.26. The van der Waals surface area contributed by atoms with E-state index in [0.29, 0.717) is 6.54 Å². The minimum atomic E-state index is -0.647. The zero-order chi connectivity index (χ0) is 25.2. The molecule has 2 aliphatic carbocycles. The van der Waals surface area contributed by atoms with Crippen molar-refractivity contribution in [3.63, 3.8) is 0 Å². The van der Waals surface area contributed by atoms with Crippen LogP contribution in [0.3, 0.4) is 0 Å². The first-order valence-corrected chi connectivity index (χ1v) is 12.2. The van der Waals surface area contributed by atoms with Gasteiger partial charge >= 0.3 is 0 Å². The molecular formula is C28H27F2N5O. The molecule has 0 amide bonds. The molecule has 0 radical (unpaired) electrons. The molecule has 0 aliphatic heterocycles. The number of hydrogen-bond acceptors (Lipinski definition) is 5. The number of aliphatic hydroxyl groups excluding tert-OH is 1. The van der Waals surface area contributed by atoms with Crippen LogP contribution in [0, 0.1) is 17.0 Å². The van der Waals surface area contributed by atoms with Crippen molar-refractivity contribution in [3.05, 3.63) is 83.3 Å². The monoisotopic (exact) mass is 487 g/mol. The maximum atomic E-state index is 14.5. The molecule has 6 nitrogen and oxygen atoms in total. The number of hydrogen-bond donors (Lipinski definition) is 1. The zero-order valence-corrected chi connectivity index (χ0v) is 20.4. The third-order valence-corrected chi connectivity index (χ3v) is 8.14. The first kappa shape index (κ1) is 22.9. The molecule has 1 fully saturated rings. The first-order chi connectivity index (χ1) is 17.2. The quantitative estimate of drug-likeness (QED) is 0.415. The molecule has 3 heterocycles. The summed E-state index contributed by atoms with van der Waals surface area (Å²) in [5, 5.41) is 23.2. The number of pyridine rings is 1. The third-order valence-electron chi connectivity index (χ3n) is 8.14. The highest BCUT2D eigenvalue weighted by Crippen LogP contribution is 2.69. The van der Waals surface area contributed by atoms with E-state index >= 15 is 0 Å². The number of fused-ring (bicyclic) bond motifs is 5. The van der Waals surface area contributed by atoms with Gasteiger partial charge in [-0.15, -0.1) is 5.10 Å². The average molecular weight is 488 g/mol.